The van der Waals surface area contributed by atoms with Crippen LogP contribution in [0.15, 0.2) is 24.3 Å². The molecular formula is C49H97NO10Si4. The number of epoxide rings is 1. The molecule has 1 fully saturated rings. The zero-order chi connectivity index (χ0) is 49.9. The van der Waals surface area contributed by atoms with E-state index < -0.39 is 69.0 Å². The normalized spacial score (nSPS) is 21.2. The molecule has 1 aliphatic heterocycles. The summed E-state index contributed by atoms with van der Waals surface area (Å²) >= 11 is 0. The van der Waals surface area contributed by atoms with Crippen LogP contribution in [0.2, 0.25) is 72.5 Å². The summed E-state index contributed by atoms with van der Waals surface area (Å²) in [6, 6.07) is 7.93. The first-order valence-corrected chi connectivity index (χ1v) is 35.3. The van der Waals surface area contributed by atoms with Gasteiger partial charge in [-0.2, -0.15) is 0 Å². The molecule has 0 aromatic heterocycles. The first-order chi connectivity index (χ1) is 28.7. The number of nitrogens with zero attached hydrogens (tertiary/aromatic N) is 1. The standard InChI is InChI=1S/C49H97NO10Si4/c1-35(31-55-32-36-26-28-37(53-16)29-27-36)43-49(14,58-43)44(60-64(24,25)48(11,12)13)39(34-57-62(20,21)46(5,6)7)42(52)38(33-56-61(18,19)45(2,3)4)40(30-41(51)50(15)54-17)59-63(22,23)47(8,9)10/h26-29,35,38-40,42-44,52H,30-34H2,1-25H3/t35-,38-,39-,40-,42+,43+,44-,49?/m0/s1. The number of benzene rings is 1. The molecule has 0 saturated carbocycles. The molecule has 8 atom stereocenters. The van der Waals surface area contributed by atoms with Gasteiger partial charge in [-0.1, -0.05) is 102 Å². The minimum Gasteiger partial charge on any atom is -0.497 e. The maximum atomic E-state index is 14.0. The van der Waals surface area contributed by atoms with Gasteiger partial charge in [0.1, 0.15) is 11.4 Å². The maximum Gasteiger partial charge on any atom is 0.248 e. The van der Waals surface area contributed by atoms with Crippen LogP contribution < -0.4 is 4.74 Å². The van der Waals surface area contributed by atoms with Gasteiger partial charge in [-0.05, 0) is 97.1 Å². The highest BCUT2D eigenvalue weighted by Crippen LogP contribution is 2.52. The zero-order valence-electron chi connectivity index (χ0n) is 45.5. The van der Waals surface area contributed by atoms with Crippen LogP contribution in [0.3, 0.4) is 0 Å². The molecule has 1 heterocycles. The van der Waals surface area contributed by atoms with Crippen molar-refractivity contribution in [2.75, 3.05) is 41.1 Å². The van der Waals surface area contributed by atoms with E-state index in [1.807, 2.05) is 24.3 Å². The van der Waals surface area contributed by atoms with E-state index in [0.29, 0.717) is 13.2 Å². The Labute approximate surface area is 396 Å². The molecule has 0 spiro atoms. The summed E-state index contributed by atoms with van der Waals surface area (Å²) in [7, 11) is -5.09. The summed E-state index contributed by atoms with van der Waals surface area (Å²) in [5, 5.41) is 14.4. The fourth-order valence-electron chi connectivity index (χ4n) is 6.83. The van der Waals surface area contributed by atoms with Gasteiger partial charge < -0.3 is 37.0 Å². The minimum absolute atomic E-state index is 0.00195. The zero-order valence-corrected chi connectivity index (χ0v) is 49.5. The van der Waals surface area contributed by atoms with Crippen molar-refractivity contribution >= 4 is 39.2 Å². The Morgan fingerprint density at radius 2 is 1.16 bits per heavy atom. The van der Waals surface area contributed by atoms with Crippen LogP contribution in [-0.4, -0.2) is 120 Å². The molecule has 0 bridgehead atoms. The van der Waals surface area contributed by atoms with Crippen LogP contribution in [0.1, 0.15) is 109 Å². The van der Waals surface area contributed by atoms with Gasteiger partial charge in [-0.3, -0.25) is 9.63 Å². The second-order valence-corrected chi connectivity index (χ2v) is 44.1. The van der Waals surface area contributed by atoms with E-state index in [-0.39, 0.29) is 57.7 Å². The van der Waals surface area contributed by atoms with Crippen molar-refractivity contribution in [1.82, 2.24) is 5.06 Å². The summed E-state index contributed by atoms with van der Waals surface area (Å²) in [5.41, 5.74) is 0.279. The first kappa shape index (κ1) is 59.2. The molecule has 11 nitrogen and oxygen atoms in total. The number of ether oxygens (including phenoxy) is 3. The lowest BCUT2D eigenvalue weighted by atomic mass is 9.78. The quantitative estimate of drug-likeness (QED) is 0.0609. The van der Waals surface area contributed by atoms with E-state index in [2.05, 4.69) is 149 Å². The average molecular weight is 973 g/mol. The number of carbonyl (C=O) groups excluding carboxylic acids is 1. The van der Waals surface area contributed by atoms with Crippen LogP contribution in [0.5, 0.6) is 5.75 Å². The SMILES string of the molecule is COc1ccc(COC[C@H](C)[C@H]2OC2(C)[C@@H](O[Si](C)(C)C(C)(C)C)[C@@H](CO[Si](C)(C)C(C)(C)C)[C@H](O)[C@@H](CO[Si](C)(C)C(C)(C)C)[C@H](CC(=O)N(C)OC)O[Si](C)(C)C(C)(C)C)cc1. The summed E-state index contributed by atoms with van der Waals surface area (Å²) < 4.78 is 47.9. The van der Waals surface area contributed by atoms with Crippen LogP contribution in [0.4, 0.5) is 0 Å². The third kappa shape index (κ3) is 15.3. The number of methoxy groups -OCH3 is 1. The van der Waals surface area contributed by atoms with E-state index in [1.165, 1.54) is 12.2 Å². The Bertz CT molecular complexity index is 1610. The highest BCUT2D eigenvalue weighted by Gasteiger charge is 2.65. The van der Waals surface area contributed by atoms with Crippen molar-refractivity contribution < 1.29 is 46.7 Å². The molecular weight excluding hydrogens is 875 g/mol. The number of hydrogen-bond donors (Lipinski definition) is 1. The van der Waals surface area contributed by atoms with Crippen molar-refractivity contribution in [2.45, 2.75) is 213 Å². The van der Waals surface area contributed by atoms with Crippen LogP contribution in [0.25, 0.3) is 0 Å². The maximum absolute atomic E-state index is 14.0. The second-order valence-electron chi connectivity index (χ2n) is 25.0. The van der Waals surface area contributed by atoms with Crippen LogP contribution in [0, 0.1) is 17.8 Å². The summed E-state index contributed by atoms with van der Waals surface area (Å²) in [4.78, 5) is 19.4. The van der Waals surface area contributed by atoms with Gasteiger partial charge in [-0.25, -0.2) is 5.06 Å². The summed E-state index contributed by atoms with van der Waals surface area (Å²) in [5.74, 6) is -0.634. The smallest absolute Gasteiger partial charge is 0.248 e. The van der Waals surface area contributed by atoms with Crippen LogP contribution in [-0.2, 0) is 43.4 Å². The van der Waals surface area contributed by atoms with E-state index in [4.69, 9.17) is 36.8 Å². The molecule has 1 unspecified atom stereocenters. The van der Waals surface area contributed by atoms with Gasteiger partial charge in [0.05, 0.1) is 58.3 Å². The van der Waals surface area contributed by atoms with Crippen molar-refractivity contribution in [3.05, 3.63) is 29.8 Å². The fourth-order valence-corrected chi connectivity index (χ4v) is 11.7. The van der Waals surface area contributed by atoms with Crippen LogP contribution >= 0.6 is 0 Å². The molecule has 374 valence electrons. The predicted octanol–water partition coefficient (Wildman–Crippen LogP) is 11.8. The van der Waals surface area contributed by atoms with Gasteiger partial charge in [0.15, 0.2) is 33.3 Å². The summed E-state index contributed by atoms with van der Waals surface area (Å²) in [6.07, 6.45) is -2.57. The van der Waals surface area contributed by atoms with Crippen molar-refractivity contribution in [1.29, 1.82) is 0 Å². The topological polar surface area (TPSA) is 118 Å². The van der Waals surface area contributed by atoms with E-state index in [0.717, 1.165) is 11.3 Å². The molecule has 15 heteroatoms. The molecule has 1 aromatic rings. The van der Waals surface area contributed by atoms with E-state index in [1.54, 1.807) is 14.2 Å². The number of rotatable bonds is 24. The highest BCUT2D eigenvalue weighted by atomic mass is 28.4. The lowest BCUT2D eigenvalue weighted by Gasteiger charge is -2.48. The van der Waals surface area contributed by atoms with Crippen molar-refractivity contribution in [2.24, 2.45) is 17.8 Å². The largest absolute Gasteiger partial charge is 0.497 e. The Kier molecular flexibility index (Phi) is 20.1. The monoisotopic (exact) mass is 972 g/mol. The van der Waals surface area contributed by atoms with Gasteiger partial charge in [0, 0.05) is 38.0 Å². The number of hydroxylamine groups is 2. The lowest BCUT2D eigenvalue weighted by Crippen LogP contribution is -2.59. The Morgan fingerprint density at radius 1 is 0.719 bits per heavy atom. The fraction of sp³-hybridized carbons (Fsp3) is 0.857. The summed E-state index contributed by atoms with van der Waals surface area (Å²) in [6.45, 7) is 50.3. The molecule has 64 heavy (non-hydrogen) atoms. The molecule has 1 saturated heterocycles. The predicted molar refractivity (Wildman–Crippen MR) is 273 cm³/mol. The van der Waals surface area contributed by atoms with E-state index in [9.17, 15) is 9.90 Å². The lowest BCUT2D eigenvalue weighted by molar-refractivity contribution is -0.172. The molecule has 1 aromatic carbocycles. The minimum atomic E-state index is -2.55. The Balaban J connectivity index is 2.91. The van der Waals surface area contributed by atoms with Crippen molar-refractivity contribution in [3.8, 4) is 5.75 Å². The third-order valence-corrected chi connectivity index (χ3v) is 33.9. The first-order valence-electron chi connectivity index (χ1n) is 23.7. The molecule has 2 rings (SSSR count). The number of amides is 1. The highest BCUT2D eigenvalue weighted by molar-refractivity contribution is 6.75. The number of aliphatic hydroxyl groups excluding tert-OH is 1. The average Bonchev–Trinajstić information content (AvgIpc) is 3.84. The molecule has 1 amide bonds. The molecule has 0 radical (unpaired) electrons. The molecule has 0 aliphatic carbocycles. The van der Waals surface area contributed by atoms with Gasteiger partial charge >= 0.3 is 0 Å². The van der Waals surface area contributed by atoms with Crippen molar-refractivity contribution in [3.63, 3.8) is 0 Å². The number of hydrogen-bond acceptors (Lipinski definition) is 10. The molecule has 1 aliphatic rings. The van der Waals surface area contributed by atoms with Gasteiger partial charge in [0.2, 0.25) is 5.91 Å². The van der Waals surface area contributed by atoms with Gasteiger partial charge in [0.25, 0.3) is 0 Å². The number of carbonyl (C=O) groups is 1. The molecule has 1 N–H and O–H groups in total. The Hall–Kier alpha value is -0.962. The number of aliphatic hydroxyl groups is 1. The second kappa shape index (κ2) is 21.8. The van der Waals surface area contributed by atoms with Gasteiger partial charge in [-0.15, -0.1) is 0 Å². The van der Waals surface area contributed by atoms with E-state index >= 15 is 0 Å². The Morgan fingerprint density at radius 3 is 1.58 bits per heavy atom. The third-order valence-electron chi connectivity index (χ3n) is 15.9.